The topological polar surface area (TPSA) is 111 Å². The molecule has 0 aliphatic rings. The Morgan fingerprint density at radius 2 is 1.88 bits per heavy atom. The lowest BCUT2D eigenvalue weighted by atomic mass is 9.94. The van der Waals surface area contributed by atoms with Gasteiger partial charge in [0, 0.05) is 0 Å². The Labute approximate surface area is 106 Å². The van der Waals surface area contributed by atoms with Crippen LogP contribution in [-0.4, -0.2) is 32.1 Å². The molecule has 0 aliphatic carbocycles. The highest BCUT2D eigenvalue weighted by Gasteiger charge is 2.35. The first-order valence-corrected chi connectivity index (χ1v) is 6.81. The van der Waals surface area contributed by atoms with Crippen LogP contribution < -0.4 is 15.2 Å². The number of hydrogen-bond acceptors (Lipinski definition) is 5. The number of nitrogens with one attached hydrogen (secondary N) is 2. The van der Waals surface area contributed by atoms with Gasteiger partial charge in [0.15, 0.2) is 0 Å². The molecule has 0 aromatic heterocycles. The molecule has 17 heavy (non-hydrogen) atoms. The number of methoxy groups -OCH3 is 1. The minimum atomic E-state index is -4.06. The van der Waals surface area contributed by atoms with E-state index in [1.807, 2.05) is 0 Å². The van der Waals surface area contributed by atoms with E-state index in [-0.39, 0.29) is 4.99 Å². The van der Waals surface area contributed by atoms with Crippen LogP contribution in [0.5, 0.6) is 0 Å². The Balaban J connectivity index is 5.01. The van der Waals surface area contributed by atoms with Crippen molar-refractivity contribution in [3.05, 3.63) is 0 Å². The van der Waals surface area contributed by atoms with Gasteiger partial charge in [-0.15, -0.1) is 0 Å². The third kappa shape index (κ3) is 4.44. The number of carbonyl (C=O) groups is 1. The van der Waals surface area contributed by atoms with Gasteiger partial charge in [0.2, 0.25) is 0 Å². The van der Waals surface area contributed by atoms with Crippen LogP contribution in [0.1, 0.15) is 26.7 Å². The normalized spacial score (nSPS) is 11.9. The molecule has 0 saturated carbocycles. The summed E-state index contributed by atoms with van der Waals surface area (Å²) in [5.41, 5.74) is 4.48. The average Bonchev–Trinajstić information content (AvgIpc) is 2.24. The molecular formula is C8H17N3O4S2. The predicted octanol–water partition coefficient (Wildman–Crippen LogP) is 0.0217. The van der Waals surface area contributed by atoms with E-state index in [1.165, 1.54) is 0 Å². The van der Waals surface area contributed by atoms with Crippen LogP contribution in [0.25, 0.3) is 0 Å². The minimum absolute atomic E-state index is 0.0257. The highest BCUT2D eigenvalue weighted by Crippen LogP contribution is 2.16. The molecule has 0 fully saturated rings. The van der Waals surface area contributed by atoms with E-state index in [0.717, 1.165) is 7.11 Å². The molecule has 7 nitrogen and oxygen atoms in total. The lowest BCUT2D eigenvalue weighted by Crippen LogP contribution is -2.59. The van der Waals surface area contributed by atoms with Gasteiger partial charge in [-0.05, 0) is 12.8 Å². The molecule has 0 aliphatic heterocycles. The van der Waals surface area contributed by atoms with Gasteiger partial charge in [-0.25, -0.2) is 9.52 Å². The summed E-state index contributed by atoms with van der Waals surface area (Å²) < 4.78 is 31.3. The van der Waals surface area contributed by atoms with E-state index in [4.69, 9.17) is 18.0 Å². The Kier molecular flexibility index (Phi) is 5.79. The van der Waals surface area contributed by atoms with Crippen molar-refractivity contribution >= 4 is 33.5 Å². The second-order valence-electron chi connectivity index (χ2n) is 3.35. The number of thiocarbonyl (C=S) groups is 1. The molecule has 0 aromatic carbocycles. The molecule has 0 radical (unpaired) electrons. The third-order valence-corrected chi connectivity index (χ3v) is 3.90. The number of nitrogens with two attached hydrogens (primary N) is 1. The summed E-state index contributed by atoms with van der Waals surface area (Å²) in [7, 11) is -3.00. The van der Waals surface area contributed by atoms with E-state index in [2.05, 4.69) is 9.46 Å². The first-order valence-electron chi connectivity index (χ1n) is 4.92. The second kappa shape index (κ2) is 6.12. The Bertz CT molecular complexity index is 390. The molecule has 0 atom stereocenters. The van der Waals surface area contributed by atoms with Crippen LogP contribution in [-0.2, 0) is 14.9 Å². The summed E-state index contributed by atoms with van der Waals surface area (Å²) in [6.07, 6.45) is -0.330. The fourth-order valence-corrected chi connectivity index (χ4v) is 2.90. The molecule has 0 aromatic rings. The van der Waals surface area contributed by atoms with E-state index >= 15 is 0 Å². The first kappa shape index (κ1) is 16.1. The summed E-state index contributed by atoms with van der Waals surface area (Å²) in [5, 5.41) is 0. The van der Waals surface area contributed by atoms with Crippen molar-refractivity contribution in [1.82, 2.24) is 9.44 Å². The van der Waals surface area contributed by atoms with Gasteiger partial charge in [-0.2, -0.15) is 13.1 Å². The maximum Gasteiger partial charge on any atom is 0.421 e. The van der Waals surface area contributed by atoms with E-state index < -0.39 is 21.8 Å². The standard InChI is InChI=1S/C8H17N3O4S2/c1-4-8(5-2,6(9)16)11-17(13,14)10-7(12)15-3/h11H,4-5H2,1-3H3,(H2,9,16)(H,10,12). The molecular weight excluding hydrogens is 266 g/mol. The fourth-order valence-electron chi connectivity index (χ4n) is 1.23. The summed E-state index contributed by atoms with van der Waals surface area (Å²) in [6, 6.07) is 0. The molecule has 9 heteroatoms. The number of rotatable bonds is 6. The molecule has 4 N–H and O–H groups in total. The number of ether oxygens (including phenoxy) is 1. The molecule has 0 unspecified atom stereocenters. The average molecular weight is 283 g/mol. The number of amides is 1. The quantitative estimate of drug-likeness (QED) is 0.593. The molecule has 0 saturated heterocycles. The minimum Gasteiger partial charge on any atom is -0.452 e. The summed E-state index contributed by atoms with van der Waals surface area (Å²) in [6.45, 7) is 3.48. The Morgan fingerprint density at radius 1 is 1.41 bits per heavy atom. The lowest BCUT2D eigenvalue weighted by Gasteiger charge is -2.30. The van der Waals surface area contributed by atoms with E-state index in [9.17, 15) is 13.2 Å². The molecule has 0 rings (SSSR count). The lowest BCUT2D eigenvalue weighted by molar-refractivity contribution is 0.177. The van der Waals surface area contributed by atoms with Crippen molar-refractivity contribution in [2.75, 3.05) is 7.11 Å². The molecule has 0 heterocycles. The van der Waals surface area contributed by atoms with Crippen molar-refractivity contribution in [2.45, 2.75) is 32.2 Å². The van der Waals surface area contributed by atoms with Crippen LogP contribution in [0.4, 0.5) is 4.79 Å². The summed E-state index contributed by atoms with van der Waals surface area (Å²) in [5.74, 6) is 0. The molecule has 0 spiro atoms. The maximum absolute atomic E-state index is 11.6. The van der Waals surface area contributed by atoms with Crippen molar-refractivity contribution in [3.63, 3.8) is 0 Å². The van der Waals surface area contributed by atoms with Gasteiger partial charge in [-0.1, -0.05) is 26.1 Å². The van der Waals surface area contributed by atoms with Crippen LogP contribution in [0, 0.1) is 0 Å². The van der Waals surface area contributed by atoms with Crippen molar-refractivity contribution in [2.24, 2.45) is 5.73 Å². The van der Waals surface area contributed by atoms with Crippen LogP contribution in [0.15, 0.2) is 0 Å². The van der Waals surface area contributed by atoms with Gasteiger partial charge >= 0.3 is 16.3 Å². The van der Waals surface area contributed by atoms with Gasteiger partial charge in [0.1, 0.15) is 0 Å². The smallest absolute Gasteiger partial charge is 0.421 e. The maximum atomic E-state index is 11.6. The monoisotopic (exact) mass is 283 g/mol. The SMILES string of the molecule is CCC(CC)(NS(=O)(=O)NC(=O)OC)C(N)=S. The zero-order valence-electron chi connectivity index (χ0n) is 9.94. The summed E-state index contributed by atoms with van der Waals surface area (Å²) in [4.78, 5) is 10.9. The fraction of sp³-hybridized carbons (Fsp3) is 0.750. The zero-order chi connectivity index (χ0) is 13.7. The Hall–Kier alpha value is -0.930. The van der Waals surface area contributed by atoms with E-state index in [1.54, 1.807) is 18.6 Å². The number of carbonyl (C=O) groups excluding carboxylic acids is 1. The highest BCUT2D eigenvalue weighted by molar-refractivity contribution is 7.88. The second-order valence-corrected chi connectivity index (χ2v) is 5.21. The van der Waals surface area contributed by atoms with Crippen LogP contribution >= 0.6 is 12.2 Å². The third-order valence-electron chi connectivity index (χ3n) is 2.41. The van der Waals surface area contributed by atoms with Gasteiger partial charge in [0.05, 0.1) is 17.6 Å². The molecule has 1 amide bonds. The van der Waals surface area contributed by atoms with Gasteiger partial charge in [0.25, 0.3) is 0 Å². The number of hydrogen-bond donors (Lipinski definition) is 3. The highest BCUT2D eigenvalue weighted by atomic mass is 32.2. The summed E-state index contributed by atoms with van der Waals surface area (Å²) >= 11 is 4.84. The van der Waals surface area contributed by atoms with Gasteiger partial charge in [-0.3, -0.25) is 0 Å². The first-order chi connectivity index (χ1) is 7.73. The van der Waals surface area contributed by atoms with Crippen LogP contribution in [0.3, 0.4) is 0 Å². The molecule has 100 valence electrons. The van der Waals surface area contributed by atoms with Crippen molar-refractivity contribution in [3.8, 4) is 0 Å². The van der Waals surface area contributed by atoms with Gasteiger partial charge < -0.3 is 10.5 Å². The van der Waals surface area contributed by atoms with E-state index in [0.29, 0.717) is 12.8 Å². The predicted molar refractivity (Wildman–Crippen MR) is 67.7 cm³/mol. The Morgan fingerprint density at radius 3 is 2.18 bits per heavy atom. The molecule has 0 bridgehead atoms. The van der Waals surface area contributed by atoms with Crippen LogP contribution in [0.2, 0.25) is 0 Å². The van der Waals surface area contributed by atoms with Crippen molar-refractivity contribution < 1.29 is 17.9 Å². The zero-order valence-corrected chi connectivity index (χ0v) is 11.6. The largest absolute Gasteiger partial charge is 0.452 e. The van der Waals surface area contributed by atoms with Crippen molar-refractivity contribution in [1.29, 1.82) is 0 Å².